The van der Waals surface area contributed by atoms with Gasteiger partial charge in [-0.3, -0.25) is 9.69 Å². The van der Waals surface area contributed by atoms with Crippen molar-refractivity contribution in [3.05, 3.63) is 29.8 Å². The van der Waals surface area contributed by atoms with Gasteiger partial charge >= 0.3 is 5.97 Å². The number of carboxylic acids is 1. The molecule has 0 fully saturated rings. The first-order chi connectivity index (χ1) is 9.01. The van der Waals surface area contributed by atoms with Gasteiger partial charge in [0.25, 0.3) is 0 Å². The Hall–Kier alpha value is -1.55. The first-order valence-corrected chi connectivity index (χ1v) is 6.75. The van der Waals surface area contributed by atoms with Gasteiger partial charge in [0.1, 0.15) is 5.75 Å². The molecule has 0 aliphatic carbocycles. The molecule has 2 unspecified atom stereocenters. The SMILES string of the molecule is CCC(c1ccccc1O)N(CC)CC(C)C(=O)O. The number of rotatable bonds is 7. The molecule has 2 N–H and O–H groups in total. The summed E-state index contributed by atoms with van der Waals surface area (Å²) >= 11 is 0. The number of aromatic hydroxyl groups is 1. The predicted octanol–water partition coefficient (Wildman–Crippen LogP) is 2.89. The zero-order valence-corrected chi connectivity index (χ0v) is 11.8. The molecule has 0 aliphatic heterocycles. The molecule has 2 atom stereocenters. The molecular weight excluding hydrogens is 242 g/mol. The second-order valence-electron chi connectivity index (χ2n) is 4.81. The molecule has 0 saturated heterocycles. The molecule has 0 radical (unpaired) electrons. The monoisotopic (exact) mass is 265 g/mol. The minimum absolute atomic E-state index is 0.0491. The molecular formula is C15H23NO3. The van der Waals surface area contributed by atoms with Crippen LogP contribution < -0.4 is 0 Å². The molecule has 0 aromatic heterocycles. The van der Waals surface area contributed by atoms with Gasteiger partial charge < -0.3 is 10.2 Å². The van der Waals surface area contributed by atoms with Crippen molar-refractivity contribution in [1.82, 2.24) is 4.90 Å². The Morgan fingerprint density at radius 1 is 1.32 bits per heavy atom. The Balaban J connectivity index is 2.93. The first kappa shape index (κ1) is 15.5. The van der Waals surface area contributed by atoms with Crippen LogP contribution in [0.2, 0.25) is 0 Å². The Bertz CT molecular complexity index is 420. The predicted molar refractivity (Wildman–Crippen MR) is 75.2 cm³/mol. The average molecular weight is 265 g/mol. The van der Waals surface area contributed by atoms with E-state index in [-0.39, 0.29) is 11.8 Å². The lowest BCUT2D eigenvalue weighted by Crippen LogP contribution is -2.34. The fraction of sp³-hybridized carbons (Fsp3) is 0.533. The second-order valence-corrected chi connectivity index (χ2v) is 4.81. The summed E-state index contributed by atoms with van der Waals surface area (Å²) in [4.78, 5) is 13.1. The van der Waals surface area contributed by atoms with Crippen molar-refractivity contribution in [2.75, 3.05) is 13.1 Å². The Morgan fingerprint density at radius 3 is 2.42 bits per heavy atom. The molecule has 0 aliphatic rings. The fourth-order valence-electron chi connectivity index (χ4n) is 2.35. The van der Waals surface area contributed by atoms with E-state index in [9.17, 15) is 9.90 Å². The molecule has 106 valence electrons. The Labute approximate surface area is 114 Å². The second kappa shape index (κ2) is 7.14. The van der Waals surface area contributed by atoms with Crippen molar-refractivity contribution in [1.29, 1.82) is 0 Å². The van der Waals surface area contributed by atoms with E-state index in [1.54, 1.807) is 19.1 Å². The minimum atomic E-state index is -0.786. The van der Waals surface area contributed by atoms with Crippen LogP contribution in [-0.2, 0) is 4.79 Å². The van der Waals surface area contributed by atoms with Crippen molar-refractivity contribution >= 4 is 5.97 Å². The summed E-state index contributed by atoms with van der Waals surface area (Å²) < 4.78 is 0. The van der Waals surface area contributed by atoms with Gasteiger partial charge in [0.15, 0.2) is 0 Å². The quantitative estimate of drug-likeness (QED) is 0.796. The summed E-state index contributed by atoms with van der Waals surface area (Å²) in [7, 11) is 0. The number of carbonyl (C=O) groups is 1. The number of benzene rings is 1. The normalized spacial score (nSPS) is 14.3. The van der Waals surface area contributed by atoms with Crippen LogP contribution in [0.3, 0.4) is 0 Å². The smallest absolute Gasteiger partial charge is 0.307 e. The summed E-state index contributed by atoms with van der Waals surface area (Å²) in [5.74, 6) is -0.929. The van der Waals surface area contributed by atoms with Gasteiger partial charge in [0.05, 0.1) is 5.92 Å². The maximum absolute atomic E-state index is 11.0. The van der Waals surface area contributed by atoms with E-state index >= 15 is 0 Å². The van der Waals surface area contributed by atoms with E-state index in [2.05, 4.69) is 4.90 Å². The first-order valence-electron chi connectivity index (χ1n) is 6.75. The molecule has 1 aromatic rings. The van der Waals surface area contributed by atoms with Gasteiger partial charge in [-0.25, -0.2) is 0 Å². The summed E-state index contributed by atoms with van der Waals surface area (Å²) in [5, 5.41) is 19.0. The van der Waals surface area contributed by atoms with Gasteiger partial charge in [-0.05, 0) is 19.0 Å². The number of aliphatic carboxylic acids is 1. The van der Waals surface area contributed by atoms with E-state index in [0.717, 1.165) is 18.5 Å². The highest BCUT2D eigenvalue weighted by Crippen LogP contribution is 2.31. The fourth-order valence-corrected chi connectivity index (χ4v) is 2.35. The zero-order chi connectivity index (χ0) is 14.4. The van der Waals surface area contributed by atoms with Crippen molar-refractivity contribution in [3.8, 4) is 5.75 Å². The van der Waals surface area contributed by atoms with Crippen LogP contribution in [0.5, 0.6) is 5.75 Å². The number of phenols is 1. The van der Waals surface area contributed by atoms with E-state index in [4.69, 9.17) is 5.11 Å². The lowest BCUT2D eigenvalue weighted by molar-refractivity contribution is -0.141. The largest absolute Gasteiger partial charge is 0.508 e. The third-order valence-corrected chi connectivity index (χ3v) is 3.46. The number of nitrogens with zero attached hydrogens (tertiary/aromatic N) is 1. The number of hydrogen-bond acceptors (Lipinski definition) is 3. The zero-order valence-electron chi connectivity index (χ0n) is 11.8. The van der Waals surface area contributed by atoms with Crippen LogP contribution in [0, 0.1) is 5.92 Å². The minimum Gasteiger partial charge on any atom is -0.508 e. The standard InChI is InChI=1S/C15H23NO3/c1-4-13(12-8-6-7-9-14(12)17)16(5-2)10-11(3)15(18)19/h6-9,11,13,17H,4-5,10H2,1-3H3,(H,18,19). The summed E-state index contributed by atoms with van der Waals surface area (Å²) in [6.45, 7) is 7.01. The van der Waals surface area contributed by atoms with Gasteiger partial charge in [-0.1, -0.05) is 39.0 Å². The highest BCUT2D eigenvalue weighted by Gasteiger charge is 2.23. The molecule has 0 amide bonds. The van der Waals surface area contributed by atoms with Crippen LogP contribution in [-0.4, -0.2) is 34.2 Å². The Kier molecular flexibility index (Phi) is 5.83. The molecule has 0 saturated carbocycles. The summed E-state index contributed by atoms with van der Waals surface area (Å²) in [6.07, 6.45) is 0.831. The number of carboxylic acid groups (broad SMARTS) is 1. The molecule has 0 heterocycles. The van der Waals surface area contributed by atoms with Gasteiger partial charge in [0.2, 0.25) is 0 Å². The highest BCUT2D eigenvalue weighted by atomic mass is 16.4. The Morgan fingerprint density at radius 2 is 1.95 bits per heavy atom. The van der Waals surface area contributed by atoms with Crippen LogP contribution in [0.4, 0.5) is 0 Å². The lowest BCUT2D eigenvalue weighted by Gasteiger charge is -2.32. The van der Waals surface area contributed by atoms with E-state index < -0.39 is 11.9 Å². The number of hydrogen-bond donors (Lipinski definition) is 2. The van der Waals surface area contributed by atoms with Crippen LogP contribution in [0.1, 0.15) is 38.8 Å². The van der Waals surface area contributed by atoms with E-state index in [1.807, 2.05) is 26.0 Å². The number of para-hydroxylation sites is 1. The van der Waals surface area contributed by atoms with Gasteiger partial charge in [-0.15, -0.1) is 0 Å². The molecule has 0 spiro atoms. The third-order valence-electron chi connectivity index (χ3n) is 3.46. The van der Waals surface area contributed by atoms with Crippen molar-refractivity contribution in [2.45, 2.75) is 33.2 Å². The average Bonchev–Trinajstić information content (AvgIpc) is 2.39. The summed E-state index contributed by atoms with van der Waals surface area (Å²) in [6, 6.07) is 7.31. The summed E-state index contributed by atoms with van der Waals surface area (Å²) in [5.41, 5.74) is 0.865. The maximum atomic E-state index is 11.0. The maximum Gasteiger partial charge on any atom is 0.307 e. The van der Waals surface area contributed by atoms with Crippen molar-refractivity contribution in [2.24, 2.45) is 5.92 Å². The molecule has 0 bridgehead atoms. The molecule has 1 aromatic carbocycles. The van der Waals surface area contributed by atoms with Crippen molar-refractivity contribution in [3.63, 3.8) is 0 Å². The molecule has 4 nitrogen and oxygen atoms in total. The number of phenolic OH excluding ortho intramolecular Hbond substituents is 1. The van der Waals surface area contributed by atoms with E-state index in [0.29, 0.717) is 6.54 Å². The highest BCUT2D eigenvalue weighted by molar-refractivity contribution is 5.69. The van der Waals surface area contributed by atoms with Crippen LogP contribution in [0.25, 0.3) is 0 Å². The lowest BCUT2D eigenvalue weighted by atomic mass is 10.00. The topological polar surface area (TPSA) is 60.8 Å². The van der Waals surface area contributed by atoms with Crippen molar-refractivity contribution < 1.29 is 15.0 Å². The van der Waals surface area contributed by atoms with Crippen LogP contribution >= 0.6 is 0 Å². The van der Waals surface area contributed by atoms with Gasteiger partial charge in [0, 0.05) is 18.2 Å². The third kappa shape index (κ3) is 3.96. The molecule has 1 rings (SSSR count). The van der Waals surface area contributed by atoms with Gasteiger partial charge in [-0.2, -0.15) is 0 Å². The molecule has 19 heavy (non-hydrogen) atoms. The molecule has 4 heteroatoms. The van der Waals surface area contributed by atoms with E-state index in [1.165, 1.54) is 0 Å². The van der Waals surface area contributed by atoms with Crippen LogP contribution in [0.15, 0.2) is 24.3 Å².